The second kappa shape index (κ2) is 4.46. The van der Waals surface area contributed by atoms with E-state index in [0.717, 1.165) is 37.3 Å². The van der Waals surface area contributed by atoms with Crippen LogP contribution in [0, 0.1) is 0 Å². The molecule has 100 valence electrons. The predicted molar refractivity (Wildman–Crippen MR) is 62.3 cm³/mol. The average molecular weight is 259 g/mol. The molecule has 1 aliphatic rings. The van der Waals surface area contributed by atoms with Gasteiger partial charge >= 0.3 is 6.18 Å². The van der Waals surface area contributed by atoms with Crippen LogP contribution in [0.5, 0.6) is 5.75 Å². The van der Waals surface area contributed by atoms with Crippen LogP contribution in [0.15, 0.2) is 18.2 Å². The molecule has 2 N–H and O–H groups in total. The molecule has 0 aliphatic heterocycles. The molecule has 2 nitrogen and oxygen atoms in total. The van der Waals surface area contributed by atoms with Gasteiger partial charge in [-0.05, 0) is 30.5 Å². The van der Waals surface area contributed by atoms with E-state index in [1.807, 2.05) is 0 Å². The molecule has 1 aromatic carbocycles. The number of hydrogen-bond donors (Lipinski definition) is 1. The number of methoxy groups -OCH3 is 1. The number of ether oxygens (including phenoxy) is 1. The first-order chi connectivity index (χ1) is 8.37. The molecular formula is C13H16F3NO. The Morgan fingerprint density at radius 3 is 2.33 bits per heavy atom. The highest BCUT2D eigenvalue weighted by Crippen LogP contribution is 2.41. The third-order valence-corrected chi connectivity index (χ3v) is 3.58. The van der Waals surface area contributed by atoms with Crippen molar-refractivity contribution in [3.63, 3.8) is 0 Å². The summed E-state index contributed by atoms with van der Waals surface area (Å²) in [6.45, 7) is 0. The lowest BCUT2D eigenvalue weighted by Gasteiger charge is -2.25. The Morgan fingerprint density at radius 2 is 1.83 bits per heavy atom. The van der Waals surface area contributed by atoms with Crippen LogP contribution in [-0.2, 0) is 11.7 Å². The van der Waals surface area contributed by atoms with E-state index in [9.17, 15) is 13.2 Å². The number of alkyl halides is 3. The second-order valence-corrected chi connectivity index (χ2v) is 4.78. The lowest BCUT2D eigenvalue weighted by Crippen LogP contribution is -2.33. The van der Waals surface area contributed by atoms with E-state index >= 15 is 0 Å². The van der Waals surface area contributed by atoms with Crippen LogP contribution in [0.25, 0.3) is 0 Å². The van der Waals surface area contributed by atoms with Gasteiger partial charge in [-0.2, -0.15) is 13.2 Å². The first-order valence-corrected chi connectivity index (χ1v) is 5.91. The summed E-state index contributed by atoms with van der Waals surface area (Å²) >= 11 is 0. The standard InChI is InChI=1S/C13H16F3NO/c1-18-11-8-9(12(17)6-2-3-7-12)4-5-10(11)13(14,15)16/h4-5,8H,2-3,6-7,17H2,1H3. The molecule has 0 amide bonds. The van der Waals surface area contributed by atoms with Crippen molar-refractivity contribution >= 4 is 0 Å². The summed E-state index contributed by atoms with van der Waals surface area (Å²) in [7, 11) is 1.24. The maximum atomic E-state index is 12.7. The predicted octanol–water partition coefficient (Wildman–Crippen LogP) is 3.44. The third-order valence-electron chi connectivity index (χ3n) is 3.58. The minimum Gasteiger partial charge on any atom is -0.496 e. The zero-order chi connectivity index (χ0) is 13.4. The van der Waals surface area contributed by atoms with Gasteiger partial charge in [-0.3, -0.25) is 0 Å². The fraction of sp³-hybridized carbons (Fsp3) is 0.538. The van der Waals surface area contributed by atoms with E-state index in [4.69, 9.17) is 10.5 Å². The summed E-state index contributed by atoms with van der Waals surface area (Å²) in [4.78, 5) is 0. The number of halogens is 3. The van der Waals surface area contributed by atoms with Gasteiger partial charge in [-0.1, -0.05) is 18.9 Å². The lowest BCUT2D eigenvalue weighted by atomic mass is 9.88. The van der Waals surface area contributed by atoms with Crippen molar-refractivity contribution in [1.82, 2.24) is 0 Å². The van der Waals surface area contributed by atoms with E-state index in [-0.39, 0.29) is 5.75 Å². The molecule has 5 heteroatoms. The van der Waals surface area contributed by atoms with Gasteiger partial charge in [0.1, 0.15) is 5.75 Å². The minimum absolute atomic E-state index is 0.156. The van der Waals surface area contributed by atoms with E-state index in [1.54, 1.807) is 0 Å². The molecule has 0 bridgehead atoms. The highest BCUT2D eigenvalue weighted by Gasteiger charge is 2.37. The highest BCUT2D eigenvalue weighted by atomic mass is 19.4. The van der Waals surface area contributed by atoms with Gasteiger partial charge in [0, 0.05) is 5.54 Å². The normalized spacial score (nSPS) is 18.9. The Labute approximate surface area is 104 Å². The van der Waals surface area contributed by atoms with E-state index < -0.39 is 17.3 Å². The summed E-state index contributed by atoms with van der Waals surface area (Å²) in [6, 6.07) is 3.95. The van der Waals surface area contributed by atoms with Crippen molar-refractivity contribution in [2.24, 2.45) is 5.73 Å². The molecule has 1 aliphatic carbocycles. The van der Waals surface area contributed by atoms with Gasteiger partial charge in [0.05, 0.1) is 12.7 Å². The molecule has 1 aromatic rings. The van der Waals surface area contributed by atoms with E-state index in [1.165, 1.54) is 19.2 Å². The van der Waals surface area contributed by atoms with Crippen molar-refractivity contribution in [1.29, 1.82) is 0 Å². The van der Waals surface area contributed by atoms with Gasteiger partial charge in [-0.15, -0.1) is 0 Å². The Balaban J connectivity index is 2.42. The first kappa shape index (κ1) is 13.2. The molecule has 0 spiro atoms. The quantitative estimate of drug-likeness (QED) is 0.883. The van der Waals surface area contributed by atoms with Gasteiger partial charge in [0.2, 0.25) is 0 Å². The van der Waals surface area contributed by atoms with Crippen LogP contribution in [0.1, 0.15) is 36.8 Å². The monoisotopic (exact) mass is 259 g/mol. The number of rotatable bonds is 2. The maximum Gasteiger partial charge on any atom is 0.419 e. The zero-order valence-corrected chi connectivity index (χ0v) is 10.2. The van der Waals surface area contributed by atoms with Crippen molar-refractivity contribution in [3.05, 3.63) is 29.3 Å². The van der Waals surface area contributed by atoms with Crippen molar-refractivity contribution in [2.45, 2.75) is 37.4 Å². The van der Waals surface area contributed by atoms with E-state index in [2.05, 4.69) is 0 Å². The Morgan fingerprint density at radius 1 is 1.22 bits per heavy atom. The molecule has 2 rings (SSSR count). The summed E-state index contributed by atoms with van der Waals surface area (Å²) < 4.78 is 43.0. The van der Waals surface area contributed by atoms with Gasteiger partial charge < -0.3 is 10.5 Å². The average Bonchev–Trinajstić information content (AvgIpc) is 2.75. The summed E-state index contributed by atoms with van der Waals surface area (Å²) in [5.74, 6) is -0.156. The number of benzene rings is 1. The topological polar surface area (TPSA) is 35.2 Å². The summed E-state index contributed by atoms with van der Waals surface area (Å²) in [6.07, 6.45) is -0.760. The van der Waals surface area contributed by atoms with Crippen molar-refractivity contribution in [3.8, 4) is 5.75 Å². The van der Waals surface area contributed by atoms with Crippen molar-refractivity contribution < 1.29 is 17.9 Å². The molecule has 0 atom stereocenters. The van der Waals surface area contributed by atoms with Crippen LogP contribution in [0.4, 0.5) is 13.2 Å². The molecule has 1 fully saturated rings. The summed E-state index contributed by atoms with van der Waals surface area (Å²) in [5.41, 5.74) is 5.70. The highest BCUT2D eigenvalue weighted by molar-refractivity contribution is 5.42. The van der Waals surface area contributed by atoms with Crippen LogP contribution < -0.4 is 10.5 Å². The Hall–Kier alpha value is -1.23. The lowest BCUT2D eigenvalue weighted by molar-refractivity contribution is -0.138. The number of nitrogens with two attached hydrogens (primary N) is 1. The fourth-order valence-corrected chi connectivity index (χ4v) is 2.53. The van der Waals surface area contributed by atoms with Gasteiger partial charge in [0.15, 0.2) is 0 Å². The van der Waals surface area contributed by atoms with Gasteiger partial charge in [-0.25, -0.2) is 0 Å². The van der Waals surface area contributed by atoms with Gasteiger partial charge in [0.25, 0.3) is 0 Å². The Bertz CT molecular complexity index is 436. The van der Waals surface area contributed by atoms with Crippen LogP contribution >= 0.6 is 0 Å². The molecule has 0 unspecified atom stereocenters. The fourth-order valence-electron chi connectivity index (χ4n) is 2.53. The zero-order valence-electron chi connectivity index (χ0n) is 10.2. The first-order valence-electron chi connectivity index (χ1n) is 5.91. The Kier molecular flexibility index (Phi) is 3.27. The molecule has 18 heavy (non-hydrogen) atoms. The molecule has 0 saturated heterocycles. The summed E-state index contributed by atoms with van der Waals surface area (Å²) in [5, 5.41) is 0. The van der Waals surface area contributed by atoms with Crippen LogP contribution in [-0.4, -0.2) is 7.11 Å². The SMILES string of the molecule is COc1cc(C2(N)CCCC2)ccc1C(F)(F)F. The van der Waals surface area contributed by atoms with E-state index in [0.29, 0.717) is 0 Å². The largest absolute Gasteiger partial charge is 0.496 e. The minimum atomic E-state index is -4.40. The van der Waals surface area contributed by atoms with Crippen LogP contribution in [0.2, 0.25) is 0 Å². The number of hydrogen-bond acceptors (Lipinski definition) is 2. The molecule has 0 heterocycles. The molecule has 1 saturated carbocycles. The molecular weight excluding hydrogens is 243 g/mol. The smallest absolute Gasteiger partial charge is 0.419 e. The van der Waals surface area contributed by atoms with Crippen molar-refractivity contribution in [2.75, 3.05) is 7.11 Å². The molecule has 0 radical (unpaired) electrons. The second-order valence-electron chi connectivity index (χ2n) is 4.78. The molecule has 0 aromatic heterocycles. The van der Waals surface area contributed by atoms with Crippen LogP contribution in [0.3, 0.4) is 0 Å². The maximum absolute atomic E-state index is 12.7. The third kappa shape index (κ3) is 2.32.